The second-order valence-electron chi connectivity index (χ2n) is 2.25. The van der Waals surface area contributed by atoms with Crippen molar-refractivity contribution in [3.8, 4) is 0 Å². The van der Waals surface area contributed by atoms with Crippen molar-refractivity contribution < 1.29 is 19.4 Å². The monoisotopic (exact) mass is 175 g/mol. The molecule has 0 aromatic carbocycles. The second kappa shape index (κ2) is 6.60. The lowest BCUT2D eigenvalue weighted by Gasteiger charge is -2.00. The van der Waals surface area contributed by atoms with Crippen LogP contribution in [0.2, 0.25) is 0 Å². The molecule has 0 aromatic heterocycles. The molecule has 0 aliphatic carbocycles. The van der Waals surface area contributed by atoms with Crippen molar-refractivity contribution in [1.82, 2.24) is 5.32 Å². The summed E-state index contributed by atoms with van der Waals surface area (Å²) in [7, 11) is 1.33. The van der Waals surface area contributed by atoms with E-state index >= 15 is 0 Å². The summed E-state index contributed by atoms with van der Waals surface area (Å²) in [4.78, 5) is 20.5. The van der Waals surface area contributed by atoms with E-state index in [1.54, 1.807) is 0 Å². The van der Waals surface area contributed by atoms with E-state index in [0.29, 0.717) is 19.4 Å². The molecule has 0 heterocycles. The van der Waals surface area contributed by atoms with E-state index in [9.17, 15) is 9.59 Å². The van der Waals surface area contributed by atoms with Gasteiger partial charge in [0.25, 0.3) is 0 Å². The normalized spacial score (nSPS) is 9.42. The number of carbonyl (C=O) groups excluding carboxylic acids is 1. The van der Waals surface area contributed by atoms with Gasteiger partial charge in [-0.3, -0.25) is 9.59 Å². The zero-order valence-electron chi connectivity index (χ0n) is 7.00. The predicted octanol–water partition coefficient (Wildman–Crippen LogP) is -0.386. The van der Waals surface area contributed by atoms with E-state index in [4.69, 9.17) is 5.11 Å². The number of methoxy groups -OCH3 is 1. The fraction of sp³-hybridized carbons (Fsp3) is 0.714. The molecule has 0 fully saturated rings. The van der Waals surface area contributed by atoms with Gasteiger partial charge in [0.2, 0.25) is 0 Å². The van der Waals surface area contributed by atoms with E-state index in [2.05, 4.69) is 10.1 Å². The highest BCUT2D eigenvalue weighted by Gasteiger charge is 1.99. The maximum Gasteiger partial charge on any atom is 0.317 e. The van der Waals surface area contributed by atoms with Crippen molar-refractivity contribution in [1.29, 1.82) is 0 Å². The molecular formula is C7H13NO4. The third-order valence-electron chi connectivity index (χ3n) is 1.24. The van der Waals surface area contributed by atoms with Crippen LogP contribution in [0.1, 0.15) is 12.8 Å². The third kappa shape index (κ3) is 7.01. The SMILES string of the molecule is COC(=O)CCCNCC(=O)O. The quantitative estimate of drug-likeness (QED) is 0.425. The summed E-state index contributed by atoms with van der Waals surface area (Å²) in [6.45, 7) is 0.447. The third-order valence-corrected chi connectivity index (χ3v) is 1.24. The van der Waals surface area contributed by atoms with Crippen LogP contribution in [0.5, 0.6) is 0 Å². The van der Waals surface area contributed by atoms with Crippen LogP contribution in [0, 0.1) is 0 Å². The summed E-state index contributed by atoms with van der Waals surface area (Å²) in [6, 6.07) is 0. The average molecular weight is 175 g/mol. The first-order valence-corrected chi connectivity index (χ1v) is 3.66. The second-order valence-corrected chi connectivity index (χ2v) is 2.25. The number of carbonyl (C=O) groups is 2. The first-order valence-electron chi connectivity index (χ1n) is 3.66. The van der Waals surface area contributed by atoms with Crippen molar-refractivity contribution in [2.75, 3.05) is 20.2 Å². The first-order chi connectivity index (χ1) is 5.66. The van der Waals surface area contributed by atoms with Gasteiger partial charge in [-0.1, -0.05) is 0 Å². The molecule has 0 amide bonds. The van der Waals surface area contributed by atoms with Crippen LogP contribution in [0.15, 0.2) is 0 Å². The minimum atomic E-state index is -0.895. The van der Waals surface area contributed by atoms with Crippen LogP contribution in [-0.4, -0.2) is 37.2 Å². The van der Waals surface area contributed by atoms with Crippen molar-refractivity contribution in [2.24, 2.45) is 0 Å². The van der Waals surface area contributed by atoms with Crippen LogP contribution >= 0.6 is 0 Å². The Morgan fingerprint density at radius 2 is 2.17 bits per heavy atom. The number of nitrogens with one attached hydrogen (secondary N) is 1. The molecule has 70 valence electrons. The zero-order valence-corrected chi connectivity index (χ0v) is 7.00. The highest BCUT2D eigenvalue weighted by atomic mass is 16.5. The molecule has 0 rings (SSSR count). The van der Waals surface area contributed by atoms with Gasteiger partial charge in [0.15, 0.2) is 0 Å². The van der Waals surface area contributed by atoms with E-state index < -0.39 is 5.97 Å². The molecular weight excluding hydrogens is 162 g/mol. The Morgan fingerprint density at radius 3 is 2.67 bits per heavy atom. The van der Waals surface area contributed by atoms with E-state index in [1.807, 2.05) is 0 Å². The van der Waals surface area contributed by atoms with Crippen LogP contribution in [-0.2, 0) is 14.3 Å². The van der Waals surface area contributed by atoms with E-state index in [0.717, 1.165) is 0 Å². The van der Waals surface area contributed by atoms with E-state index in [1.165, 1.54) is 7.11 Å². The van der Waals surface area contributed by atoms with Gasteiger partial charge in [-0.05, 0) is 13.0 Å². The maximum absolute atomic E-state index is 10.5. The molecule has 0 atom stereocenters. The molecule has 0 bridgehead atoms. The number of hydrogen-bond donors (Lipinski definition) is 2. The van der Waals surface area contributed by atoms with Gasteiger partial charge in [-0.25, -0.2) is 0 Å². The number of aliphatic carboxylic acids is 1. The number of hydrogen-bond acceptors (Lipinski definition) is 4. The van der Waals surface area contributed by atoms with Crippen molar-refractivity contribution in [2.45, 2.75) is 12.8 Å². The van der Waals surface area contributed by atoms with Crippen molar-refractivity contribution >= 4 is 11.9 Å². The fourth-order valence-electron chi connectivity index (χ4n) is 0.655. The molecule has 5 heteroatoms. The smallest absolute Gasteiger partial charge is 0.317 e. The van der Waals surface area contributed by atoms with Crippen LogP contribution < -0.4 is 5.32 Å². The van der Waals surface area contributed by atoms with Gasteiger partial charge in [-0.15, -0.1) is 0 Å². The minimum Gasteiger partial charge on any atom is -0.480 e. The lowest BCUT2D eigenvalue weighted by Crippen LogP contribution is -2.23. The molecule has 0 saturated heterocycles. The molecule has 0 unspecified atom stereocenters. The van der Waals surface area contributed by atoms with Crippen LogP contribution in [0.3, 0.4) is 0 Å². The average Bonchev–Trinajstić information content (AvgIpc) is 2.03. The molecule has 2 N–H and O–H groups in total. The Labute approximate surface area is 70.7 Å². The maximum atomic E-state index is 10.5. The molecule has 5 nitrogen and oxygen atoms in total. The van der Waals surface area contributed by atoms with Crippen molar-refractivity contribution in [3.63, 3.8) is 0 Å². The lowest BCUT2D eigenvalue weighted by molar-refractivity contribution is -0.140. The Balaban J connectivity index is 3.11. The largest absolute Gasteiger partial charge is 0.480 e. The Kier molecular flexibility index (Phi) is 6.00. The van der Waals surface area contributed by atoms with E-state index in [-0.39, 0.29) is 12.5 Å². The lowest BCUT2D eigenvalue weighted by atomic mass is 10.3. The van der Waals surface area contributed by atoms with Gasteiger partial charge in [0, 0.05) is 6.42 Å². The number of rotatable bonds is 6. The Bertz CT molecular complexity index is 157. The summed E-state index contributed by atoms with van der Waals surface area (Å²) in [5, 5.41) is 10.9. The highest BCUT2D eigenvalue weighted by molar-refractivity contribution is 5.69. The first kappa shape index (κ1) is 10.9. The summed E-state index contributed by atoms with van der Waals surface area (Å²) in [5.74, 6) is -1.17. The molecule has 0 saturated carbocycles. The number of esters is 1. The van der Waals surface area contributed by atoms with Crippen LogP contribution in [0.25, 0.3) is 0 Å². The van der Waals surface area contributed by atoms with Gasteiger partial charge >= 0.3 is 11.9 Å². The number of ether oxygens (including phenoxy) is 1. The summed E-state index contributed by atoms with van der Waals surface area (Å²) < 4.78 is 4.39. The predicted molar refractivity (Wildman–Crippen MR) is 41.8 cm³/mol. The molecule has 12 heavy (non-hydrogen) atoms. The van der Waals surface area contributed by atoms with Crippen molar-refractivity contribution in [3.05, 3.63) is 0 Å². The molecule has 0 aliphatic heterocycles. The topological polar surface area (TPSA) is 75.6 Å². The Hall–Kier alpha value is -1.10. The Morgan fingerprint density at radius 1 is 1.50 bits per heavy atom. The molecule has 0 radical (unpaired) electrons. The molecule has 0 aromatic rings. The zero-order chi connectivity index (χ0) is 9.40. The number of carboxylic acids is 1. The minimum absolute atomic E-state index is 0.0683. The van der Waals surface area contributed by atoms with Gasteiger partial charge < -0.3 is 15.2 Å². The van der Waals surface area contributed by atoms with Crippen LogP contribution in [0.4, 0.5) is 0 Å². The fourth-order valence-corrected chi connectivity index (χ4v) is 0.655. The highest BCUT2D eigenvalue weighted by Crippen LogP contribution is 1.88. The number of carboxylic acid groups (broad SMARTS) is 1. The van der Waals surface area contributed by atoms with Gasteiger partial charge in [-0.2, -0.15) is 0 Å². The molecule has 0 spiro atoms. The summed E-state index contributed by atoms with van der Waals surface area (Å²) in [5.41, 5.74) is 0. The summed E-state index contributed by atoms with van der Waals surface area (Å²) >= 11 is 0. The van der Waals surface area contributed by atoms with Gasteiger partial charge in [0.05, 0.1) is 13.7 Å². The molecule has 0 aliphatic rings. The standard InChI is InChI=1S/C7H13NO4/c1-12-7(11)3-2-4-8-5-6(9)10/h8H,2-5H2,1H3,(H,9,10). The van der Waals surface area contributed by atoms with Gasteiger partial charge in [0.1, 0.15) is 0 Å². The summed E-state index contributed by atoms with van der Waals surface area (Å²) in [6.07, 6.45) is 0.920.